The second-order valence-corrected chi connectivity index (χ2v) is 7.17. The van der Waals surface area contributed by atoms with Gasteiger partial charge in [0.1, 0.15) is 0 Å². The molecule has 1 heterocycles. The van der Waals surface area contributed by atoms with E-state index in [4.69, 9.17) is 27.0 Å². The molecule has 0 saturated heterocycles. The lowest BCUT2D eigenvalue weighted by atomic mass is 10.1. The number of methoxy groups -OCH3 is 1. The summed E-state index contributed by atoms with van der Waals surface area (Å²) in [6.07, 6.45) is 0. The molecule has 9 heteroatoms. The zero-order valence-electron chi connectivity index (χ0n) is 11.4. The van der Waals surface area contributed by atoms with Crippen molar-refractivity contribution in [2.24, 2.45) is 0 Å². The van der Waals surface area contributed by atoms with Crippen molar-refractivity contribution < 1.29 is 13.2 Å². The Kier molecular flexibility index (Phi) is 4.88. The van der Waals surface area contributed by atoms with Crippen LogP contribution in [0.2, 0.25) is 5.02 Å². The first-order chi connectivity index (χ1) is 9.86. The van der Waals surface area contributed by atoms with E-state index in [2.05, 4.69) is 10.2 Å². The molecule has 0 fully saturated rings. The molecule has 1 aromatic carbocycles. The maximum Gasteiger partial charge on any atom is 0.296 e. The summed E-state index contributed by atoms with van der Waals surface area (Å²) in [6, 6.07) is 5.30. The maximum atomic E-state index is 11.6. The van der Waals surface area contributed by atoms with Gasteiger partial charge in [-0.05, 0) is 18.6 Å². The zero-order valence-corrected chi connectivity index (χ0v) is 13.7. The number of hydrogen-bond donors (Lipinski definition) is 0. The molecule has 2 aromatic rings. The number of aromatic nitrogens is 3. The monoisotopic (exact) mass is 349 g/mol. The van der Waals surface area contributed by atoms with Crippen LogP contribution in [0.15, 0.2) is 23.4 Å². The first-order valence-electron chi connectivity index (χ1n) is 5.98. The topological polar surface area (TPSA) is 74.1 Å². The average Bonchev–Trinajstić information content (AvgIpc) is 2.83. The van der Waals surface area contributed by atoms with Gasteiger partial charge in [-0.3, -0.25) is 4.57 Å². The van der Waals surface area contributed by atoms with E-state index in [-0.39, 0.29) is 11.7 Å². The number of nitrogens with zero attached hydrogens (tertiary/aromatic N) is 3. The zero-order chi connectivity index (χ0) is 15.6. The van der Waals surface area contributed by atoms with E-state index >= 15 is 0 Å². The quantitative estimate of drug-likeness (QED) is 0.775. The molecule has 0 radical (unpaired) electrons. The predicted octanol–water partition coefficient (Wildman–Crippen LogP) is 2.48. The molecule has 2 rings (SSSR count). The third kappa shape index (κ3) is 3.37. The summed E-state index contributed by atoms with van der Waals surface area (Å²) in [6.45, 7) is 2.37. The first-order valence-corrected chi connectivity index (χ1v) is 8.67. The summed E-state index contributed by atoms with van der Waals surface area (Å²) in [5.41, 5.74) is 1.47. The highest BCUT2D eigenvalue weighted by molar-refractivity contribution is 8.13. The highest BCUT2D eigenvalue weighted by atomic mass is 35.7. The maximum absolute atomic E-state index is 11.6. The molecule has 1 aromatic heterocycles. The van der Waals surface area contributed by atoms with E-state index < -0.39 is 9.05 Å². The SMILES string of the molecule is COCCn1c(-c2cccc(Cl)c2C)nnc1S(=O)(=O)Cl. The van der Waals surface area contributed by atoms with Crippen LogP contribution in [0.1, 0.15) is 5.56 Å². The lowest BCUT2D eigenvalue weighted by Crippen LogP contribution is -2.11. The van der Waals surface area contributed by atoms with Crippen molar-refractivity contribution in [2.75, 3.05) is 13.7 Å². The fourth-order valence-electron chi connectivity index (χ4n) is 1.90. The molecular formula is C12H13Cl2N3O3S. The number of halogens is 2. The van der Waals surface area contributed by atoms with Gasteiger partial charge in [-0.2, -0.15) is 0 Å². The van der Waals surface area contributed by atoms with Crippen LogP contribution < -0.4 is 0 Å². The van der Waals surface area contributed by atoms with Crippen LogP contribution in [0.4, 0.5) is 0 Å². The highest BCUT2D eigenvalue weighted by Crippen LogP contribution is 2.29. The number of benzene rings is 1. The normalized spacial score (nSPS) is 11.8. The highest BCUT2D eigenvalue weighted by Gasteiger charge is 2.24. The van der Waals surface area contributed by atoms with Gasteiger partial charge >= 0.3 is 0 Å². The van der Waals surface area contributed by atoms with Crippen LogP contribution in [0.5, 0.6) is 0 Å². The Morgan fingerprint density at radius 1 is 1.33 bits per heavy atom. The molecule has 0 amide bonds. The van der Waals surface area contributed by atoms with Crippen molar-refractivity contribution in [1.29, 1.82) is 0 Å². The van der Waals surface area contributed by atoms with Crippen LogP contribution in [0.25, 0.3) is 11.4 Å². The van der Waals surface area contributed by atoms with Crippen molar-refractivity contribution in [3.8, 4) is 11.4 Å². The summed E-state index contributed by atoms with van der Waals surface area (Å²) in [7, 11) is 2.91. The van der Waals surface area contributed by atoms with Crippen LogP contribution in [0.3, 0.4) is 0 Å². The Morgan fingerprint density at radius 3 is 2.67 bits per heavy atom. The van der Waals surface area contributed by atoms with E-state index in [1.54, 1.807) is 18.2 Å². The molecule has 0 aliphatic rings. The Hall–Kier alpha value is -1.15. The summed E-state index contributed by atoms with van der Waals surface area (Å²) < 4.78 is 29.6. The number of rotatable bonds is 5. The lowest BCUT2D eigenvalue weighted by Gasteiger charge is -2.10. The third-order valence-electron chi connectivity index (χ3n) is 2.96. The Balaban J connectivity index is 2.64. The van der Waals surface area contributed by atoms with Crippen molar-refractivity contribution in [3.05, 3.63) is 28.8 Å². The second kappa shape index (κ2) is 6.31. The van der Waals surface area contributed by atoms with Crippen LogP contribution in [-0.4, -0.2) is 36.9 Å². The van der Waals surface area contributed by atoms with Crippen molar-refractivity contribution in [1.82, 2.24) is 14.8 Å². The summed E-state index contributed by atoms with van der Waals surface area (Å²) in [5, 5.41) is 7.87. The minimum absolute atomic E-state index is 0.256. The molecule has 6 nitrogen and oxygen atoms in total. The minimum atomic E-state index is -4.00. The molecule has 0 bridgehead atoms. The van der Waals surface area contributed by atoms with E-state index in [0.717, 1.165) is 5.56 Å². The van der Waals surface area contributed by atoms with Gasteiger partial charge in [-0.15, -0.1) is 10.2 Å². The van der Waals surface area contributed by atoms with Gasteiger partial charge in [0, 0.05) is 28.4 Å². The van der Waals surface area contributed by atoms with E-state index in [0.29, 0.717) is 23.0 Å². The van der Waals surface area contributed by atoms with E-state index in [9.17, 15) is 8.42 Å². The van der Waals surface area contributed by atoms with Crippen LogP contribution in [0, 0.1) is 6.92 Å². The third-order valence-corrected chi connectivity index (χ3v) is 4.52. The summed E-state index contributed by atoms with van der Waals surface area (Å²) in [4.78, 5) is 0. The van der Waals surface area contributed by atoms with Gasteiger partial charge in [0.05, 0.1) is 13.2 Å². The summed E-state index contributed by atoms with van der Waals surface area (Å²) >= 11 is 6.09. The largest absolute Gasteiger partial charge is 0.383 e. The summed E-state index contributed by atoms with van der Waals surface area (Å²) in [5.74, 6) is 0.381. The first kappa shape index (κ1) is 16.2. The second-order valence-electron chi connectivity index (χ2n) is 4.30. The van der Waals surface area contributed by atoms with Gasteiger partial charge in [-0.1, -0.05) is 23.7 Å². The van der Waals surface area contributed by atoms with Gasteiger partial charge in [0.2, 0.25) is 0 Å². The van der Waals surface area contributed by atoms with Gasteiger partial charge in [0.15, 0.2) is 5.82 Å². The fraction of sp³-hybridized carbons (Fsp3) is 0.333. The molecule has 0 N–H and O–H groups in total. The van der Waals surface area contributed by atoms with Gasteiger partial charge in [0.25, 0.3) is 14.2 Å². The molecule has 0 atom stereocenters. The molecular weight excluding hydrogens is 337 g/mol. The fourth-order valence-corrected chi connectivity index (χ4v) is 3.00. The molecule has 0 unspecified atom stereocenters. The smallest absolute Gasteiger partial charge is 0.296 e. The Morgan fingerprint density at radius 2 is 2.05 bits per heavy atom. The number of ether oxygens (including phenoxy) is 1. The average molecular weight is 350 g/mol. The number of hydrogen-bond acceptors (Lipinski definition) is 5. The Bertz CT molecular complexity index is 759. The van der Waals surface area contributed by atoms with E-state index in [1.807, 2.05) is 6.92 Å². The van der Waals surface area contributed by atoms with Crippen LogP contribution in [-0.2, 0) is 20.3 Å². The lowest BCUT2D eigenvalue weighted by molar-refractivity contribution is 0.185. The molecule has 0 aliphatic carbocycles. The molecule has 0 spiro atoms. The molecule has 114 valence electrons. The minimum Gasteiger partial charge on any atom is -0.383 e. The molecule has 0 aliphatic heterocycles. The van der Waals surface area contributed by atoms with Crippen molar-refractivity contribution in [3.63, 3.8) is 0 Å². The van der Waals surface area contributed by atoms with Crippen LogP contribution >= 0.6 is 22.3 Å². The van der Waals surface area contributed by atoms with Gasteiger partial charge in [-0.25, -0.2) is 8.42 Å². The standard InChI is InChI=1S/C12H13Cl2N3O3S/c1-8-9(4-3-5-10(8)13)11-15-16-12(21(14,18)19)17(11)6-7-20-2/h3-5H,6-7H2,1-2H3. The van der Waals surface area contributed by atoms with Gasteiger partial charge < -0.3 is 4.74 Å². The van der Waals surface area contributed by atoms with E-state index in [1.165, 1.54) is 11.7 Å². The predicted molar refractivity (Wildman–Crippen MR) is 80.1 cm³/mol. The molecule has 21 heavy (non-hydrogen) atoms. The van der Waals surface area contributed by atoms with Crippen molar-refractivity contribution in [2.45, 2.75) is 18.6 Å². The Labute approximate surface area is 132 Å². The van der Waals surface area contributed by atoms with Crippen molar-refractivity contribution >= 4 is 31.3 Å². The molecule has 0 saturated carbocycles.